The van der Waals surface area contributed by atoms with Crippen LogP contribution in [0.2, 0.25) is 0 Å². The highest BCUT2D eigenvalue weighted by Crippen LogP contribution is 2.19. The molecule has 0 bridgehead atoms. The predicted molar refractivity (Wildman–Crippen MR) is 87.9 cm³/mol. The first-order valence-corrected chi connectivity index (χ1v) is 8.57. The van der Waals surface area contributed by atoms with Gasteiger partial charge in [-0.3, -0.25) is 9.69 Å². The fraction of sp³-hybridized carbons (Fsp3) is 0.389. The molecular formula is C18H21NOS. The smallest absolute Gasteiger partial charge is 0.172 e. The van der Waals surface area contributed by atoms with Crippen LogP contribution in [0.4, 0.5) is 0 Å². The minimum atomic E-state index is 0.292. The third-order valence-corrected chi connectivity index (χ3v) is 5.02. The van der Waals surface area contributed by atoms with E-state index in [9.17, 15) is 4.79 Å². The molecule has 3 rings (SSSR count). The van der Waals surface area contributed by atoms with Gasteiger partial charge in [0, 0.05) is 13.0 Å². The predicted octanol–water partition coefficient (Wildman–Crippen LogP) is 4.16. The second-order valence-corrected chi connectivity index (χ2v) is 6.60. The van der Waals surface area contributed by atoms with E-state index in [1.54, 1.807) is 11.3 Å². The molecule has 1 aromatic carbocycles. The molecule has 110 valence electrons. The van der Waals surface area contributed by atoms with Crippen molar-refractivity contribution in [1.29, 1.82) is 0 Å². The van der Waals surface area contributed by atoms with Crippen molar-refractivity contribution in [3.05, 3.63) is 57.8 Å². The third-order valence-electron chi connectivity index (χ3n) is 4.11. The van der Waals surface area contributed by atoms with Gasteiger partial charge < -0.3 is 0 Å². The van der Waals surface area contributed by atoms with E-state index in [1.165, 1.54) is 24.0 Å². The highest BCUT2D eigenvalue weighted by molar-refractivity contribution is 7.12. The summed E-state index contributed by atoms with van der Waals surface area (Å²) in [4.78, 5) is 15.4. The number of aryl methyl sites for hydroxylation is 1. The summed E-state index contributed by atoms with van der Waals surface area (Å²) in [6.45, 7) is 3.19. The number of nitrogens with zero attached hydrogens (tertiary/aromatic N) is 1. The monoisotopic (exact) mass is 299 g/mol. The van der Waals surface area contributed by atoms with Gasteiger partial charge in [0.05, 0.1) is 4.88 Å². The number of carbonyl (C=O) groups excluding carboxylic acids is 1. The van der Waals surface area contributed by atoms with Crippen LogP contribution in [0.25, 0.3) is 0 Å². The molecule has 21 heavy (non-hydrogen) atoms. The molecular weight excluding hydrogens is 278 g/mol. The minimum Gasteiger partial charge on any atom is -0.299 e. The van der Waals surface area contributed by atoms with E-state index in [1.807, 2.05) is 17.5 Å². The number of ketones is 1. The number of fused-ring (bicyclic) bond motifs is 1. The van der Waals surface area contributed by atoms with E-state index in [4.69, 9.17) is 0 Å². The first-order valence-electron chi connectivity index (χ1n) is 7.69. The fourth-order valence-electron chi connectivity index (χ4n) is 2.98. The van der Waals surface area contributed by atoms with Gasteiger partial charge in [0.1, 0.15) is 0 Å². The Hall–Kier alpha value is -1.45. The Morgan fingerprint density at radius 3 is 2.81 bits per heavy atom. The molecule has 2 nitrogen and oxygen atoms in total. The molecule has 3 heteroatoms. The third kappa shape index (κ3) is 3.80. The average molecular weight is 299 g/mol. The van der Waals surface area contributed by atoms with Crippen LogP contribution >= 0.6 is 11.3 Å². The SMILES string of the molecule is O=C(CCCN1CCCc2ccccc2C1)c1cccs1. The fourth-order valence-corrected chi connectivity index (χ4v) is 3.68. The molecule has 2 heterocycles. The van der Waals surface area contributed by atoms with E-state index in [0.29, 0.717) is 12.2 Å². The molecule has 0 saturated carbocycles. The van der Waals surface area contributed by atoms with Crippen LogP contribution in [0.15, 0.2) is 41.8 Å². The lowest BCUT2D eigenvalue weighted by Gasteiger charge is -2.20. The van der Waals surface area contributed by atoms with Gasteiger partial charge in [-0.25, -0.2) is 0 Å². The second kappa shape index (κ2) is 7.01. The normalized spacial score (nSPS) is 15.4. The molecule has 2 aromatic rings. The maximum Gasteiger partial charge on any atom is 0.172 e. The molecule has 0 N–H and O–H groups in total. The molecule has 0 radical (unpaired) electrons. The summed E-state index contributed by atoms with van der Waals surface area (Å²) < 4.78 is 0. The first-order chi connectivity index (χ1) is 10.3. The quantitative estimate of drug-likeness (QED) is 0.773. The van der Waals surface area contributed by atoms with Crippen molar-refractivity contribution in [2.45, 2.75) is 32.2 Å². The van der Waals surface area contributed by atoms with E-state index >= 15 is 0 Å². The molecule has 0 unspecified atom stereocenters. The molecule has 0 atom stereocenters. The van der Waals surface area contributed by atoms with Crippen molar-refractivity contribution in [3.63, 3.8) is 0 Å². The van der Waals surface area contributed by atoms with Gasteiger partial charge in [-0.05, 0) is 54.9 Å². The van der Waals surface area contributed by atoms with E-state index in [0.717, 1.165) is 30.9 Å². The van der Waals surface area contributed by atoms with Crippen LogP contribution < -0.4 is 0 Å². The highest BCUT2D eigenvalue weighted by atomic mass is 32.1. The molecule has 0 fully saturated rings. The van der Waals surface area contributed by atoms with Gasteiger partial charge in [-0.1, -0.05) is 30.3 Å². The van der Waals surface area contributed by atoms with Gasteiger partial charge in [0.15, 0.2) is 5.78 Å². The standard InChI is InChI=1S/C18H21NOS/c20-17(18-10-5-13-21-18)9-4-12-19-11-3-8-15-6-1-2-7-16(15)14-19/h1-2,5-7,10,13H,3-4,8-9,11-12,14H2. The Morgan fingerprint density at radius 2 is 2.00 bits per heavy atom. The largest absolute Gasteiger partial charge is 0.299 e. The Morgan fingerprint density at radius 1 is 1.14 bits per heavy atom. The number of Topliss-reactive ketones (excluding diaryl/α,β-unsaturated/α-hetero) is 1. The molecule has 0 spiro atoms. The molecule has 0 aliphatic carbocycles. The van der Waals surface area contributed by atoms with Crippen LogP contribution in [0.1, 0.15) is 40.1 Å². The lowest BCUT2D eigenvalue weighted by atomic mass is 10.0. The van der Waals surface area contributed by atoms with Gasteiger partial charge in [0.2, 0.25) is 0 Å². The molecule has 1 aliphatic rings. The summed E-state index contributed by atoms with van der Waals surface area (Å²) in [5, 5.41) is 1.97. The van der Waals surface area contributed by atoms with Crippen LogP contribution in [0, 0.1) is 0 Å². The van der Waals surface area contributed by atoms with Crippen molar-refractivity contribution >= 4 is 17.1 Å². The van der Waals surface area contributed by atoms with E-state index in [-0.39, 0.29) is 0 Å². The van der Waals surface area contributed by atoms with Crippen molar-refractivity contribution < 1.29 is 4.79 Å². The Labute approximate surface area is 130 Å². The Bertz CT molecular complexity index is 591. The zero-order valence-electron chi connectivity index (χ0n) is 12.3. The number of carbonyl (C=O) groups is 1. The lowest BCUT2D eigenvalue weighted by Crippen LogP contribution is -2.24. The number of hydrogen-bond acceptors (Lipinski definition) is 3. The lowest BCUT2D eigenvalue weighted by molar-refractivity contribution is 0.0978. The number of rotatable bonds is 5. The average Bonchev–Trinajstić information content (AvgIpc) is 2.95. The topological polar surface area (TPSA) is 20.3 Å². The summed E-state index contributed by atoms with van der Waals surface area (Å²) in [5.74, 6) is 0.292. The number of hydrogen-bond donors (Lipinski definition) is 0. The maximum atomic E-state index is 12.0. The maximum absolute atomic E-state index is 12.0. The van der Waals surface area contributed by atoms with Gasteiger partial charge in [-0.15, -0.1) is 11.3 Å². The van der Waals surface area contributed by atoms with Crippen LogP contribution in [0.3, 0.4) is 0 Å². The van der Waals surface area contributed by atoms with Crippen molar-refractivity contribution in [3.8, 4) is 0 Å². The van der Waals surface area contributed by atoms with Crippen molar-refractivity contribution in [2.75, 3.05) is 13.1 Å². The van der Waals surface area contributed by atoms with E-state index in [2.05, 4.69) is 29.2 Å². The summed E-state index contributed by atoms with van der Waals surface area (Å²) in [7, 11) is 0. The van der Waals surface area contributed by atoms with Crippen molar-refractivity contribution in [1.82, 2.24) is 4.90 Å². The van der Waals surface area contributed by atoms with Crippen LogP contribution in [-0.4, -0.2) is 23.8 Å². The van der Waals surface area contributed by atoms with Crippen LogP contribution in [-0.2, 0) is 13.0 Å². The second-order valence-electron chi connectivity index (χ2n) is 5.65. The van der Waals surface area contributed by atoms with Crippen molar-refractivity contribution in [2.24, 2.45) is 0 Å². The molecule has 1 aliphatic heterocycles. The molecule has 1 aromatic heterocycles. The van der Waals surface area contributed by atoms with Gasteiger partial charge in [0.25, 0.3) is 0 Å². The zero-order valence-corrected chi connectivity index (χ0v) is 13.1. The summed E-state index contributed by atoms with van der Waals surface area (Å²) >= 11 is 1.55. The minimum absolute atomic E-state index is 0.292. The van der Waals surface area contributed by atoms with Gasteiger partial charge >= 0.3 is 0 Å². The summed E-state index contributed by atoms with van der Waals surface area (Å²) in [6.07, 6.45) is 4.02. The van der Waals surface area contributed by atoms with E-state index < -0.39 is 0 Å². The zero-order chi connectivity index (χ0) is 14.5. The van der Waals surface area contributed by atoms with Gasteiger partial charge in [-0.2, -0.15) is 0 Å². The van der Waals surface area contributed by atoms with Crippen LogP contribution in [0.5, 0.6) is 0 Å². The summed E-state index contributed by atoms with van der Waals surface area (Å²) in [6, 6.07) is 12.6. The first kappa shape index (κ1) is 14.5. The number of benzene rings is 1. The Balaban J connectivity index is 1.51. The highest BCUT2D eigenvalue weighted by Gasteiger charge is 2.14. The number of thiophene rings is 1. The Kier molecular flexibility index (Phi) is 4.84. The molecule has 0 amide bonds. The molecule has 0 saturated heterocycles. The summed E-state index contributed by atoms with van der Waals surface area (Å²) in [5.41, 5.74) is 2.95.